The van der Waals surface area contributed by atoms with Crippen molar-refractivity contribution < 1.29 is 9.72 Å². The summed E-state index contributed by atoms with van der Waals surface area (Å²) in [5, 5.41) is 24.7. The van der Waals surface area contributed by atoms with E-state index in [0.717, 1.165) is 47.3 Å². The Labute approximate surface area is 236 Å². The van der Waals surface area contributed by atoms with E-state index in [9.17, 15) is 14.9 Å². The number of thiazole rings is 2. The fourth-order valence-corrected chi connectivity index (χ4v) is 6.57. The van der Waals surface area contributed by atoms with Crippen molar-refractivity contribution in [2.24, 2.45) is 0 Å². The Morgan fingerprint density at radius 1 is 0.850 bits per heavy atom. The Morgan fingerprint density at radius 2 is 1.43 bits per heavy atom. The number of aromatic nitrogens is 2. The summed E-state index contributed by atoms with van der Waals surface area (Å²) < 4.78 is 1.99. The largest absolute Gasteiger partial charge is 0.325 e. The molecule has 0 fully saturated rings. The zero-order valence-corrected chi connectivity index (χ0v) is 22.5. The van der Waals surface area contributed by atoms with Crippen molar-refractivity contribution in [2.75, 3.05) is 5.32 Å². The molecule has 6 aromatic rings. The molecular weight excluding hydrogens is 542 g/mol. The standard InChI is InChI=1S/C15H9N3O2S.C15H10N2OS/c16-9-8-11-12(18(19)20)6-7-13-14(11)17-15(21-13)10-4-2-1-3-5-10;18-13-8-10-11(16-13)6-7-12-14(10)17-15(19-12)9-4-2-1-3-5-9/h1-7H,8H2;1-7H,8H2,(H,16,18). The molecule has 0 saturated carbocycles. The monoisotopic (exact) mass is 561 g/mol. The minimum absolute atomic E-state index is 0.0222. The Hall–Kier alpha value is -4.98. The molecule has 4 aromatic carbocycles. The molecule has 0 radical (unpaired) electrons. The van der Waals surface area contributed by atoms with Gasteiger partial charge < -0.3 is 5.32 Å². The lowest BCUT2D eigenvalue weighted by molar-refractivity contribution is -0.385. The van der Waals surface area contributed by atoms with E-state index in [2.05, 4.69) is 22.4 Å². The van der Waals surface area contributed by atoms with Gasteiger partial charge in [-0.15, -0.1) is 22.7 Å². The highest BCUT2D eigenvalue weighted by Crippen LogP contribution is 2.37. The maximum absolute atomic E-state index is 11.5. The maximum atomic E-state index is 11.5. The van der Waals surface area contributed by atoms with Crippen molar-refractivity contribution >= 4 is 60.4 Å². The average Bonchev–Trinajstić information content (AvgIpc) is 3.70. The fraction of sp³-hybridized carbons (Fsp3) is 0.0667. The van der Waals surface area contributed by atoms with Crippen LogP contribution in [0.2, 0.25) is 0 Å². The summed E-state index contributed by atoms with van der Waals surface area (Å²) in [6, 6.07) is 28.9. The van der Waals surface area contributed by atoms with Gasteiger partial charge in [-0.3, -0.25) is 14.9 Å². The molecule has 1 aliphatic rings. The van der Waals surface area contributed by atoms with Crippen LogP contribution in [0.5, 0.6) is 0 Å². The third-order valence-electron chi connectivity index (χ3n) is 6.41. The number of rotatable bonds is 4. The molecule has 0 unspecified atom stereocenters. The van der Waals surface area contributed by atoms with Crippen molar-refractivity contribution in [3.8, 4) is 27.2 Å². The third-order valence-corrected chi connectivity index (χ3v) is 8.55. The van der Waals surface area contributed by atoms with E-state index < -0.39 is 4.92 Å². The number of hydrogen-bond donors (Lipinski definition) is 1. The molecule has 0 saturated heterocycles. The number of nitrogens with zero attached hydrogens (tertiary/aromatic N) is 4. The van der Waals surface area contributed by atoms with Gasteiger partial charge in [-0.1, -0.05) is 60.7 Å². The minimum atomic E-state index is -0.465. The average molecular weight is 562 g/mol. The first-order valence-corrected chi connectivity index (χ1v) is 13.9. The number of nitrogens with one attached hydrogen (secondary N) is 1. The Kier molecular flexibility index (Phi) is 6.74. The van der Waals surface area contributed by atoms with Gasteiger partial charge in [0, 0.05) is 28.4 Å². The van der Waals surface area contributed by atoms with E-state index in [-0.39, 0.29) is 18.0 Å². The number of hydrogen-bond acceptors (Lipinski definition) is 8. The van der Waals surface area contributed by atoms with Gasteiger partial charge in [0.2, 0.25) is 5.91 Å². The molecule has 194 valence electrons. The fourth-order valence-electron chi connectivity index (χ4n) is 4.57. The number of nitriles is 1. The predicted molar refractivity (Wildman–Crippen MR) is 158 cm³/mol. The summed E-state index contributed by atoms with van der Waals surface area (Å²) in [4.78, 5) is 31.3. The first-order chi connectivity index (χ1) is 19.5. The summed E-state index contributed by atoms with van der Waals surface area (Å²) in [5.74, 6) is 0.0526. The van der Waals surface area contributed by atoms with Gasteiger partial charge in [0.25, 0.3) is 5.69 Å². The second-order valence-electron chi connectivity index (χ2n) is 8.94. The number of carbonyl (C=O) groups excluding carboxylic acids is 1. The lowest BCUT2D eigenvalue weighted by Gasteiger charge is -1.98. The lowest BCUT2D eigenvalue weighted by atomic mass is 10.1. The minimum Gasteiger partial charge on any atom is -0.325 e. The highest BCUT2D eigenvalue weighted by molar-refractivity contribution is 7.22. The molecule has 0 spiro atoms. The van der Waals surface area contributed by atoms with Gasteiger partial charge >= 0.3 is 0 Å². The van der Waals surface area contributed by atoms with Crippen LogP contribution in [0, 0.1) is 21.4 Å². The molecule has 0 aliphatic carbocycles. The quantitative estimate of drug-likeness (QED) is 0.177. The second kappa shape index (κ2) is 10.6. The summed E-state index contributed by atoms with van der Waals surface area (Å²) in [7, 11) is 0. The molecule has 0 atom stereocenters. The van der Waals surface area contributed by atoms with E-state index in [0.29, 0.717) is 17.5 Å². The SMILES string of the molecule is N#CCc1c([N+](=O)[O-])ccc2sc(-c3ccccc3)nc12.O=C1Cc2c(ccc3sc(-c4ccccc4)nc23)N1. The second-order valence-corrected chi connectivity index (χ2v) is 11.0. The molecule has 3 heterocycles. The Balaban J connectivity index is 0.000000145. The molecule has 1 amide bonds. The van der Waals surface area contributed by atoms with Gasteiger partial charge in [0.15, 0.2) is 0 Å². The number of benzene rings is 4. The molecule has 1 aliphatic heterocycles. The number of nitro benzene ring substituents is 1. The zero-order chi connectivity index (χ0) is 27.6. The van der Waals surface area contributed by atoms with Gasteiger partial charge in [-0.05, 0) is 18.2 Å². The highest BCUT2D eigenvalue weighted by atomic mass is 32.1. The van der Waals surface area contributed by atoms with Crippen LogP contribution in [0.1, 0.15) is 11.1 Å². The van der Waals surface area contributed by atoms with E-state index >= 15 is 0 Å². The van der Waals surface area contributed by atoms with Gasteiger partial charge in [0.1, 0.15) is 10.0 Å². The van der Waals surface area contributed by atoms with Crippen LogP contribution in [-0.4, -0.2) is 20.8 Å². The van der Waals surface area contributed by atoms with Crippen molar-refractivity contribution in [2.45, 2.75) is 12.8 Å². The number of anilines is 1. The van der Waals surface area contributed by atoms with Crippen LogP contribution < -0.4 is 5.32 Å². The van der Waals surface area contributed by atoms with E-state index in [1.807, 2.05) is 66.7 Å². The van der Waals surface area contributed by atoms with Crippen molar-refractivity contribution in [3.63, 3.8) is 0 Å². The van der Waals surface area contributed by atoms with Crippen molar-refractivity contribution in [1.29, 1.82) is 5.26 Å². The van der Waals surface area contributed by atoms with E-state index in [4.69, 9.17) is 10.2 Å². The third kappa shape index (κ3) is 4.80. The van der Waals surface area contributed by atoms with Crippen LogP contribution in [0.3, 0.4) is 0 Å². The Bertz CT molecular complexity index is 1940. The van der Waals surface area contributed by atoms with E-state index in [1.165, 1.54) is 17.4 Å². The van der Waals surface area contributed by atoms with Crippen LogP contribution >= 0.6 is 22.7 Å². The normalized spacial score (nSPS) is 11.9. The number of carbonyl (C=O) groups is 1. The van der Waals surface area contributed by atoms with Crippen LogP contribution in [-0.2, 0) is 17.6 Å². The number of fused-ring (bicyclic) bond motifs is 4. The molecule has 40 heavy (non-hydrogen) atoms. The number of amides is 1. The molecule has 8 nitrogen and oxygen atoms in total. The number of nitro groups is 1. The predicted octanol–water partition coefficient (Wildman–Crippen LogP) is 7.40. The van der Waals surface area contributed by atoms with Gasteiger partial charge in [-0.2, -0.15) is 5.26 Å². The van der Waals surface area contributed by atoms with Crippen LogP contribution in [0.4, 0.5) is 11.4 Å². The smallest absolute Gasteiger partial charge is 0.275 e. The van der Waals surface area contributed by atoms with Crippen LogP contribution in [0.25, 0.3) is 41.6 Å². The molecule has 0 bridgehead atoms. The molecule has 7 rings (SSSR count). The summed E-state index contributed by atoms with van der Waals surface area (Å²) in [6.07, 6.45) is 0.413. The van der Waals surface area contributed by atoms with Crippen LogP contribution in [0.15, 0.2) is 84.9 Å². The first kappa shape index (κ1) is 25.3. The van der Waals surface area contributed by atoms with Crippen molar-refractivity contribution in [1.82, 2.24) is 9.97 Å². The Morgan fingerprint density at radius 3 is 2.02 bits per heavy atom. The molecular formula is C30H19N5O3S2. The first-order valence-electron chi connectivity index (χ1n) is 12.3. The summed E-state index contributed by atoms with van der Waals surface area (Å²) >= 11 is 3.14. The summed E-state index contributed by atoms with van der Waals surface area (Å²) in [6.45, 7) is 0. The van der Waals surface area contributed by atoms with Crippen molar-refractivity contribution in [3.05, 3.63) is 106 Å². The van der Waals surface area contributed by atoms with Gasteiger partial charge in [-0.25, -0.2) is 9.97 Å². The lowest BCUT2D eigenvalue weighted by Crippen LogP contribution is -2.03. The van der Waals surface area contributed by atoms with Gasteiger partial charge in [0.05, 0.1) is 49.8 Å². The topological polar surface area (TPSA) is 122 Å². The molecule has 1 N–H and O–H groups in total. The maximum Gasteiger partial charge on any atom is 0.275 e. The molecule has 2 aromatic heterocycles. The van der Waals surface area contributed by atoms with E-state index in [1.54, 1.807) is 17.4 Å². The molecule has 10 heteroatoms. The highest BCUT2D eigenvalue weighted by Gasteiger charge is 2.22. The summed E-state index contributed by atoms with van der Waals surface area (Å²) in [5.41, 5.74) is 5.86. The zero-order valence-electron chi connectivity index (χ0n) is 20.8.